The summed E-state index contributed by atoms with van der Waals surface area (Å²) in [7, 11) is 0. The van der Waals surface area contributed by atoms with Crippen LogP contribution in [0.3, 0.4) is 0 Å². The van der Waals surface area contributed by atoms with Crippen molar-refractivity contribution in [2.24, 2.45) is 10.8 Å². The van der Waals surface area contributed by atoms with Gasteiger partial charge in [0, 0.05) is 17.5 Å². The fraction of sp³-hybridized carbons (Fsp3) is 0.273. The molecule has 0 aliphatic rings. The molecule has 0 saturated carbocycles. The lowest BCUT2D eigenvalue weighted by molar-refractivity contribution is 0.249. The number of hydrogen-bond donors (Lipinski definition) is 2. The molecule has 0 atom stereocenters. The molecule has 2 aromatic heterocycles. The molecule has 0 spiro atoms. The number of primary amides is 1. The molecule has 19 heavy (non-hydrogen) atoms. The van der Waals surface area contributed by atoms with E-state index in [0.29, 0.717) is 16.4 Å². The first kappa shape index (κ1) is 13.2. The number of carbonyl (C=O) groups is 1. The molecule has 0 saturated heterocycles. The van der Waals surface area contributed by atoms with Crippen LogP contribution in [0, 0.1) is 13.8 Å². The molecule has 0 aliphatic heterocycles. The Morgan fingerprint density at radius 1 is 1.53 bits per heavy atom. The highest BCUT2D eigenvalue weighted by molar-refractivity contribution is 7.19. The monoisotopic (exact) mass is 279 g/mol. The van der Waals surface area contributed by atoms with Gasteiger partial charge in [0.1, 0.15) is 0 Å². The van der Waals surface area contributed by atoms with Gasteiger partial charge in [0.2, 0.25) is 0 Å². The van der Waals surface area contributed by atoms with Crippen molar-refractivity contribution in [1.82, 2.24) is 14.8 Å². The Kier molecular flexibility index (Phi) is 3.34. The van der Waals surface area contributed by atoms with E-state index in [1.165, 1.54) is 21.8 Å². The number of hydrazone groups is 1. The zero-order chi connectivity index (χ0) is 14.2. The minimum Gasteiger partial charge on any atom is -0.350 e. The minimum atomic E-state index is -0.732. The lowest BCUT2D eigenvalue weighted by atomic mass is 10.3. The average molecular weight is 279 g/mol. The summed E-state index contributed by atoms with van der Waals surface area (Å²) in [5, 5.41) is 3.86. The second-order valence-corrected chi connectivity index (χ2v) is 5.02. The van der Waals surface area contributed by atoms with Gasteiger partial charge in [-0.1, -0.05) is 11.3 Å². The van der Waals surface area contributed by atoms with Gasteiger partial charge in [-0.15, -0.1) is 0 Å². The van der Waals surface area contributed by atoms with Gasteiger partial charge in [-0.2, -0.15) is 5.10 Å². The number of rotatable bonds is 2. The van der Waals surface area contributed by atoms with Gasteiger partial charge in [0.05, 0.1) is 10.6 Å². The quantitative estimate of drug-likeness (QED) is 0.626. The third kappa shape index (κ3) is 2.48. The summed E-state index contributed by atoms with van der Waals surface area (Å²) in [6.45, 7) is 5.30. The maximum atomic E-state index is 11.9. The van der Waals surface area contributed by atoms with Crippen molar-refractivity contribution in [3.05, 3.63) is 32.7 Å². The molecular weight excluding hydrogens is 266 g/mol. The second kappa shape index (κ2) is 4.81. The van der Waals surface area contributed by atoms with Crippen LogP contribution < -0.4 is 16.7 Å². The van der Waals surface area contributed by atoms with Crippen LogP contribution in [0.5, 0.6) is 0 Å². The average Bonchev–Trinajstić information content (AvgIpc) is 2.63. The highest BCUT2D eigenvalue weighted by atomic mass is 32.1. The molecule has 0 unspecified atom stereocenters. The maximum absolute atomic E-state index is 11.9. The molecule has 0 radical (unpaired) electrons. The van der Waals surface area contributed by atoms with Crippen LogP contribution in [0.15, 0.2) is 16.0 Å². The number of carbonyl (C=O) groups excluding carboxylic acids is 1. The van der Waals surface area contributed by atoms with E-state index in [9.17, 15) is 9.59 Å². The summed E-state index contributed by atoms with van der Waals surface area (Å²) in [5.41, 5.74) is 8.98. The van der Waals surface area contributed by atoms with Crippen molar-refractivity contribution in [3.8, 4) is 0 Å². The fourth-order valence-electron chi connectivity index (χ4n) is 1.74. The van der Waals surface area contributed by atoms with Crippen LogP contribution in [0.25, 0.3) is 4.96 Å². The summed E-state index contributed by atoms with van der Waals surface area (Å²) >= 11 is 1.34. The Balaban J connectivity index is 2.60. The number of aromatic nitrogens is 2. The Bertz CT molecular complexity index is 743. The van der Waals surface area contributed by atoms with Gasteiger partial charge >= 0.3 is 6.03 Å². The first-order valence-electron chi connectivity index (χ1n) is 5.50. The lowest BCUT2D eigenvalue weighted by Gasteiger charge is -1.99. The zero-order valence-corrected chi connectivity index (χ0v) is 11.5. The molecule has 0 fully saturated rings. The summed E-state index contributed by atoms with van der Waals surface area (Å²) in [6.07, 6.45) is 0. The van der Waals surface area contributed by atoms with E-state index < -0.39 is 6.03 Å². The zero-order valence-electron chi connectivity index (χ0n) is 10.7. The third-order valence-electron chi connectivity index (χ3n) is 2.54. The smallest absolute Gasteiger partial charge is 0.332 e. The first-order valence-corrected chi connectivity index (χ1v) is 6.31. The largest absolute Gasteiger partial charge is 0.350 e. The van der Waals surface area contributed by atoms with E-state index in [2.05, 4.69) is 15.5 Å². The predicted octanol–water partition coefficient (Wildman–Crippen LogP) is 0.765. The normalized spacial score (nSPS) is 11.8. The van der Waals surface area contributed by atoms with Crippen LogP contribution in [0.4, 0.5) is 4.79 Å². The highest BCUT2D eigenvalue weighted by Gasteiger charge is 2.13. The summed E-state index contributed by atoms with van der Waals surface area (Å²) in [5.74, 6) is 0. The van der Waals surface area contributed by atoms with Crippen LogP contribution in [0.1, 0.15) is 23.2 Å². The van der Waals surface area contributed by atoms with Crippen molar-refractivity contribution in [2.75, 3.05) is 0 Å². The molecule has 0 aromatic carbocycles. The van der Waals surface area contributed by atoms with Gasteiger partial charge in [0.15, 0.2) is 4.96 Å². The van der Waals surface area contributed by atoms with Crippen LogP contribution in [0.2, 0.25) is 0 Å². The first-order chi connectivity index (χ1) is 8.90. The number of nitrogens with one attached hydrogen (secondary N) is 1. The topological polar surface area (TPSA) is 102 Å². The van der Waals surface area contributed by atoms with Crippen molar-refractivity contribution in [1.29, 1.82) is 0 Å². The molecule has 0 bridgehead atoms. The van der Waals surface area contributed by atoms with Crippen molar-refractivity contribution < 1.29 is 4.79 Å². The second-order valence-electron chi connectivity index (χ2n) is 4.04. The number of fused-ring (bicyclic) bond motifs is 1. The molecule has 2 amide bonds. The fourth-order valence-corrected chi connectivity index (χ4v) is 2.86. The number of nitrogens with two attached hydrogens (primary N) is 1. The highest BCUT2D eigenvalue weighted by Crippen LogP contribution is 2.20. The number of urea groups is 1. The summed E-state index contributed by atoms with van der Waals surface area (Å²) in [4.78, 5) is 28.2. The van der Waals surface area contributed by atoms with Gasteiger partial charge < -0.3 is 5.73 Å². The number of thiazole rings is 1. The van der Waals surface area contributed by atoms with Crippen LogP contribution in [-0.2, 0) is 0 Å². The summed E-state index contributed by atoms with van der Waals surface area (Å²) < 4.78 is 1.52. The van der Waals surface area contributed by atoms with E-state index in [1.807, 2.05) is 0 Å². The Labute approximate surface area is 112 Å². The molecule has 0 aliphatic carbocycles. The third-order valence-corrected chi connectivity index (χ3v) is 3.79. The van der Waals surface area contributed by atoms with Crippen LogP contribution >= 0.6 is 11.3 Å². The SMILES string of the molecule is C/C(=N/NC(N)=O)c1sc2nc(C)cc(=O)n2c1C. The van der Waals surface area contributed by atoms with E-state index in [0.717, 1.165) is 10.6 Å². The van der Waals surface area contributed by atoms with Gasteiger partial charge in [-0.05, 0) is 20.8 Å². The van der Waals surface area contributed by atoms with E-state index in [1.54, 1.807) is 20.8 Å². The molecular formula is C11H13N5O2S. The van der Waals surface area contributed by atoms with Crippen molar-refractivity contribution in [2.45, 2.75) is 20.8 Å². The van der Waals surface area contributed by atoms with Crippen molar-refractivity contribution >= 4 is 28.0 Å². The standard InChI is InChI=1S/C11H13N5O2S/c1-5-4-8(17)16-7(3)9(19-11(16)13-5)6(2)14-15-10(12)18/h4H,1-3H3,(H3,12,15,18)/b14-6-. The number of amides is 2. The van der Waals surface area contributed by atoms with Crippen LogP contribution in [-0.4, -0.2) is 21.1 Å². The van der Waals surface area contributed by atoms with Gasteiger partial charge in [-0.3, -0.25) is 9.20 Å². The Morgan fingerprint density at radius 2 is 2.21 bits per heavy atom. The van der Waals surface area contributed by atoms with Crippen molar-refractivity contribution in [3.63, 3.8) is 0 Å². The van der Waals surface area contributed by atoms with E-state index >= 15 is 0 Å². The number of hydrogen-bond acceptors (Lipinski definition) is 5. The Hall–Kier alpha value is -2.22. The molecule has 3 N–H and O–H groups in total. The molecule has 100 valence electrons. The summed E-state index contributed by atoms with van der Waals surface area (Å²) in [6, 6.07) is 0.745. The van der Waals surface area contributed by atoms with Gasteiger partial charge in [0.25, 0.3) is 5.56 Å². The number of aryl methyl sites for hydroxylation is 2. The van der Waals surface area contributed by atoms with Gasteiger partial charge in [-0.25, -0.2) is 15.2 Å². The van der Waals surface area contributed by atoms with E-state index in [4.69, 9.17) is 5.73 Å². The van der Waals surface area contributed by atoms with E-state index in [-0.39, 0.29) is 5.56 Å². The minimum absolute atomic E-state index is 0.127. The number of nitrogens with zero attached hydrogens (tertiary/aromatic N) is 3. The predicted molar refractivity (Wildman–Crippen MR) is 73.7 cm³/mol. The maximum Gasteiger partial charge on any atom is 0.332 e. The molecule has 8 heteroatoms. The molecule has 2 rings (SSSR count). The molecule has 2 heterocycles. The molecule has 2 aromatic rings. The lowest BCUT2D eigenvalue weighted by Crippen LogP contribution is -2.25. The molecule has 7 nitrogen and oxygen atoms in total. The Morgan fingerprint density at radius 3 is 2.84 bits per heavy atom.